The van der Waals surface area contributed by atoms with Gasteiger partial charge in [0.2, 0.25) is 0 Å². The van der Waals surface area contributed by atoms with Gasteiger partial charge in [-0.15, -0.1) is 5.10 Å². The highest BCUT2D eigenvalue weighted by molar-refractivity contribution is 14.1. The van der Waals surface area contributed by atoms with Crippen LogP contribution in [0.1, 0.15) is 15.9 Å². The van der Waals surface area contributed by atoms with E-state index in [-0.39, 0.29) is 36.9 Å². The SMILES string of the molecule is CN1CCN(Cc2cccc(-c3c(F)c(F)c(-c4cc(C(=O)O)c5c(c4)nnn5C)c(I)c3F)c2)CC1. The molecule has 1 aliphatic heterocycles. The molecule has 0 amide bonds. The Labute approximate surface area is 224 Å². The van der Waals surface area contributed by atoms with Crippen molar-refractivity contribution in [1.82, 2.24) is 24.8 Å². The first-order valence-electron chi connectivity index (χ1n) is 11.6. The van der Waals surface area contributed by atoms with Gasteiger partial charge in [0, 0.05) is 45.3 Å². The smallest absolute Gasteiger partial charge is 0.337 e. The van der Waals surface area contributed by atoms with Crippen LogP contribution in [0.25, 0.3) is 33.3 Å². The minimum Gasteiger partial charge on any atom is -0.478 e. The zero-order valence-electron chi connectivity index (χ0n) is 20.1. The molecule has 37 heavy (non-hydrogen) atoms. The number of hydrogen-bond acceptors (Lipinski definition) is 5. The van der Waals surface area contributed by atoms with Crippen molar-refractivity contribution in [2.24, 2.45) is 7.05 Å². The fourth-order valence-corrected chi connectivity index (χ4v) is 5.55. The number of benzene rings is 3. The lowest BCUT2D eigenvalue weighted by Gasteiger charge is -2.32. The highest BCUT2D eigenvalue weighted by atomic mass is 127. The first-order valence-corrected chi connectivity index (χ1v) is 12.7. The first kappa shape index (κ1) is 25.6. The van der Waals surface area contributed by atoms with Gasteiger partial charge in [0.15, 0.2) is 11.6 Å². The zero-order chi connectivity index (χ0) is 26.4. The van der Waals surface area contributed by atoms with E-state index in [0.29, 0.717) is 6.54 Å². The Balaban J connectivity index is 1.58. The quantitative estimate of drug-likeness (QED) is 0.256. The topological polar surface area (TPSA) is 74.5 Å². The number of fused-ring (bicyclic) bond motifs is 1. The summed E-state index contributed by atoms with van der Waals surface area (Å²) in [6.45, 7) is 4.28. The predicted molar refractivity (Wildman–Crippen MR) is 142 cm³/mol. The van der Waals surface area contributed by atoms with Crippen molar-refractivity contribution in [3.8, 4) is 22.3 Å². The fraction of sp³-hybridized carbons (Fsp3) is 0.269. The van der Waals surface area contributed by atoms with Crippen molar-refractivity contribution in [2.75, 3.05) is 33.2 Å². The van der Waals surface area contributed by atoms with Crippen molar-refractivity contribution in [3.05, 3.63) is 68.5 Å². The Bertz CT molecular complexity index is 1500. The van der Waals surface area contributed by atoms with Crippen LogP contribution in [0.4, 0.5) is 13.2 Å². The number of nitrogens with zero attached hydrogens (tertiary/aromatic N) is 5. The Morgan fingerprint density at radius 2 is 1.68 bits per heavy atom. The second-order valence-electron chi connectivity index (χ2n) is 9.20. The highest BCUT2D eigenvalue weighted by Crippen LogP contribution is 2.40. The first-order chi connectivity index (χ1) is 17.7. The van der Waals surface area contributed by atoms with Crippen LogP contribution in [0.2, 0.25) is 0 Å². The van der Waals surface area contributed by atoms with Gasteiger partial charge in [-0.3, -0.25) is 4.90 Å². The summed E-state index contributed by atoms with van der Waals surface area (Å²) >= 11 is 1.63. The van der Waals surface area contributed by atoms with Crippen molar-refractivity contribution < 1.29 is 23.1 Å². The molecule has 1 aliphatic rings. The molecule has 1 saturated heterocycles. The number of piperazine rings is 1. The van der Waals surface area contributed by atoms with E-state index in [1.807, 2.05) is 6.07 Å². The molecule has 0 aliphatic carbocycles. The van der Waals surface area contributed by atoms with Gasteiger partial charge in [-0.2, -0.15) is 0 Å². The van der Waals surface area contributed by atoms with Gasteiger partial charge in [0.1, 0.15) is 16.9 Å². The molecule has 4 aromatic rings. The van der Waals surface area contributed by atoms with Crippen LogP contribution in [-0.4, -0.2) is 69.1 Å². The molecule has 3 aromatic carbocycles. The van der Waals surface area contributed by atoms with Gasteiger partial charge in [-0.25, -0.2) is 22.6 Å². The van der Waals surface area contributed by atoms with Crippen LogP contribution >= 0.6 is 22.6 Å². The molecule has 0 unspecified atom stereocenters. The van der Waals surface area contributed by atoms with Crippen LogP contribution in [-0.2, 0) is 13.6 Å². The largest absolute Gasteiger partial charge is 0.478 e. The molecule has 1 N–H and O–H groups in total. The number of halogens is 4. The summed E-state index contributed by atoms with van der Waals surface area (Å²) in [5, 5.41) is 17.4. The molecule has 0 saturated carbocycles. The number of carboxylic acids is 1. The van der Waals surface area contributed by atoms with E-state index in [1.54, 1.807) is 40.8 Å². The van der Waals surface area contributed by atoms with Gasteiger partial charge in [0.05, 0.1) is 14.7 Å². The van der Waals surface area contributed by atoms with Crippen LogP contribution in [0.15, 0.2) is 36.4 Å². The molecule has 11 heteroatoms. The maximum absolute atomic E-state index is 15.7. The molecule has 2 heterocycles. The van der Waals surface area contributed by atoms with E-state index in [0.717, 1.165) is 31.7 Å². The van der Waals surface area contributed by atoms with E-state index < -0.39 is 29.0 Å². The Morgan fingerprint density at radius 1 is 0.973 bits per heavy atom. The van der Waals surface area contributed by atoms with Crippen molar-refractivity contribution in [2.45, 2.75) is 6.54 Å². The lowest BCUT2D eigenvalue weighted by molar-refractivity contribution is 0.0698. The standard InChI is InChI=1S/C26H23F3IN5O2/c1-33-6-8-35(9-7-33)13-14-4-3-5-15(10-14)19-21(27)22(28)20(24(30)23(19)29)16-11-17(26(36)37)25-18(12-16)31-32-34(25)2/h3-5,10-12H,6-9,13H2,1-2H3,(H,36,37). The maximum atomic E-state index is 15.7. The third kappa shape index (κ3) is 4.71. The number of hydrogen-bond donors (Lipinski definition) is 1. The molecule has 1 fully saturated rings. The van der Waals surface area contributed by atoms with Gasteiger partial charge in [-0.1, -0.05) is 23.4 Å². The molecule has 5 rings (SSSR count). The van der Waals surface area contributed by atoms with Crippen LogP contribution < -0.4 is 0 Å². The number of carboxylic acid groups (broad SMARTS) is 1. The molecule has 192 valence electrons. The van der Waals surface area contributed by atoms with Crippen molar-refractivity contribution >= 4 is 39.6 Å². The summed E-state index contributed by atoms with van der Waals surface area (Å²) in [4.78, 5) is 16.4. The van der Waals surface area contributed by atoms with E-state index in [1.165, 1.54) is 23.9 Å². The van der Waals surface area contributed by atoms with Crippen LogP contribution in [0.5, 0.6) is 0 Å². The summed E-state index contributed by atoms with van der Waals surface area (Å²) in [6, 6.07) is 9.40. The summed E-state index contributed by atoms with van der Waals surface area (Å²) in [5.41, 5.74) is 0.501. The molecular formula is C26H23F3IN5O2. The minimum atomic E-state index is -1.33. The van der Waals surface area contributed by atoms with E-state index in [2.05, 4.69) is 27.2 Å². The molecule has 0 radical (unpaired) electrons. The fourth-order valence-electron chi connectivity index (χ4n) is 4.73. The second kappa shape index (κ2) is 10.0. The molecule has 1 aromatic heterocycles. The monoisotopic (exact) mass is 621 g/mol. The predicted octanol–water partition coefficient (Wildman–Crippen LogP) is 4.77. The van der Waals surface area contributed by atoms with E-state index in [9.17, 15) is 9.90 Å². The molecule has 0 atom stereocenters. The van der Waals surface area contributed by atoms with Gasteiger partial charge >= 0.3 is 5.97 Å². The third-order valence-corrected chi connectivity index (χ3v) is 7.71. The summed E-state index contributed by atoms with van der Waals surface area (Å²) in [6.07, 6.45) is 0. The average Bonchev–Trinajstić information content (AvgIpc) is 3.25. The van der Waals surface area contributed by atoms with Crippen molar-refractivity contribution in [1.29, 1.82) is 0 Å². The molecule has 0 bridgehead atoms. The summed E-state index contributed by atoms with van der Waals surface area (Å²) in [5.74, 6) is -4.80. The van der Waals surface area contributed by atoms with Crippen LogP contribution in [0.3, 0.4) is 0 Å². The Kier molecular flexibility index (Phi) is 6.94. The molecular weight excluding hydrogens is 598 g/mol. The lowest BCUT2D eigenvalue weighted by atomic mass is 9.95. The zero-order valence-corrected chi connectivity index (χ0v) is 22.3. The molecule has 0 spiro atoms. The van der Waals surface area contributed by atoms with E-state index in [4.69, 9.17) is 0 Å². The molecule has 7 nitrogen and oxygen atoms in total. The maximum Gasteiger partial charge on any atom is 0.337 e. The van der Waals surface area contributed by atoms with E-state index >= 15 is 13.2 Å². The number of aryl methyl sites for hydroxylation is 1. The normalized spacial score (nSPS) is 15.0. The Morgan fingerprint density at radius 3 is 2.38 bits per heavy atom. The number of carbonyl (C=O) groups is 1. The number of likely N-dealkylation sites (N-methyl/N-ethyl adjacent to an activating group) is 1. The summed E-state index contributed by atoms with van der Waals surface area (Å²) < 4.78 is 47.9. The van der Waals surface area contributed by atoms with Gasteiger partial charge in [-0.05, 0) is 64.5 Å². The highest BCUT2D eigenvalue weighted by Gasteiger charge is 2.27. The van der Waals surface area contributed by atoms with Crippen LogP contribution in [0, 0.1) is 21.0 Å². The Hall–Kier alpha value is -3.03. The van der Waals surface area contributed by atoms with Crippen molar-refractivity contribution in [3.63, 3.8) is 0 Å². The summed E-state index contributed by atoms with van der Waals surface area (Å²) in [7, 11) is 3.59. The lowest BCUT2D eigenvalue weighted by Crippen LogP contribution is -2.43. The number of aromatic nitrogens is 3. The third-order valence-electron chi connectivity index (χ3n) is 6.70. The average molecular weight is 621 g/mol. The van der Waals surface area contributed by atoms with Gasteiger partial charge < -0.3 is 10.0 Å². The minimum absolute atomic E-state index is 0.000433. The van der Waals surface area contributed by atoms with Gasteiger partial charge in [0.25, 0.3) is 0 Å². The second-order valence-corrected chi connectivity index (χ2v) is 10.3. The number of aromatic carboxylic acids is 1. The number of rotatable bonds is 5.